The number of likely N-dealkylation sites (tertiary alicyclic amines) is 1. The fourth-order valence-electron chi connectivity index (χ4n) is 4.29. The zero-order valence-corrected chi connectivity index (χ0v) is 17.4. The smallest absolute Gasteiger partial charge is 0.244 e. The molecule has 2 aliphatic rings. The molecular weight excluding hydrogens is 374 g/mol. The van der Waals surface area contributed by atoms with Crippen molar-refractivity contribution < 1.29 is 17.9 Å². The molecule has 6 heteroatoms. The third-order valence-electron chi connectivity index (χ3n) is 6.11. The van der Waals surface area contributed by atoms with Crippen LogP contribution in [0.15, 0.2) is 53.4 Å². The summed E-state index contributed by atoms with van der Waals surface area (Å²) in [5.74, 6) is 0.104. The molecule has 0 N–H and O–H groups in total. The molecule has 1 amide bonds. The van der Waals surface area contributed by atoms with Gasteiger partial charge in [0.15, 0.2) is 20.8 Å². The number of amides is 1. The number of benzene rings is 2. The maximum Gasteiger partial charge on any atom is 0.244 e. The number of para-hydroxylation sites is 1. The molecule has 0 saturated carbocycles. The highest BCUT2D eigenvalue weighted by atomic mass is 32.2. The van der Waals surface area contributed by atoms with Crippen molar-refractivity contribution in [2.75, 3.05) is 7.05 Å². The molecule has 0 spiro atoms. The van der Waals surface area contributed by atoms with Gasteiger partial charge in [-0.3, -0.25) is 4.79 Å². The van der Waals surface area contributed by atoms with E-state index in [4.69, 9.17) is 4.74 Å². The Morgan fingerprint density at radius 2 is 1.75 bits per heavy atom. The Labute approximate surface area is 166 Å². The molecule has 5 nitrogen and oxygen atoms in total. The molecule has 1 saturated heterocycles. The number of hydrogen-bond donors (Lipinski definition) is 0. The number of carbonyl (C=O) groups excluding carboxylic acids is 1. The van der Waals surface area contributed by atoms with E-state index in [9.17, 15) is 13.2 Å². The minimum Gasteiger partial charge on any atom is -0.468 e. The van der Waals surface area contributed by atoms with Gasteiger partial charge >= 0.3 is 0 Å². The molecule has 28 heavy (non-hydrogen) atoms. The molecule has 1 fully saturated rings. The SMILES string of the molecule is CC(C)c1ccc(S(=O)(=O)[C@@H]2C(=O)N(C)[C@]3(C)C[C@H]2c2ccccc2O3)cc1. The van der Waals surface area contributed by atoms with E-state index in [0.29, 0.717) is 18.1 Å². The Kier molecular flexibility index (Phi) is 4.30. The second-order valence-electron chi connectivity index (χ2n) is 8.21. The number of hydrogen-bond acceptors (Lipinski definition) is 4. The standard InChI is InChI=1S/C22H25NO4S/c1-14(2)15-9-11-16(12-10-15)28(25,26)20-18-13-22(3,23(4)21(20)24)27-19-8-6-5-7-17(18)19/h5-12,14,18,20H,13H2,1-4H3/t18-,20-,22-/m0/s1. The molecule has 148 valence electrons. The second-order valence-corrected chi connectivity index (χ2v) is 10.3. The van der Waals surface area contributed by atoms with Gasteiger partial charge in [0.05, 0.1) is 4.90 Å². The average molecular weight is 400 g/mol. The monoisotopic (exact) mass is 399 g/mol. The van der Waals surface area contributed by atoms with Crippen molar-refractivity contribution in [2.24, 2.45) is 0 Å². The third-order valence-corrected chi connectivity index (χ3v) is 8.23. The molecule has 0 aliphatic carbocycles. The van der Waals surface area contributed by atoms with Crippen LogP contribution in [0.2, 0.25) is 0 Å². The van der Waals surface area contributed by atoms with Gasteiger partial charge in [-0.1, -0.05) is 44.2 Å². The van der Waals surface area contributed by atoms with Gasteiger partial charge in [0.1, 0.15) is 5.75 Å². The van der Waals surface area contributed by atoms with Gasteiger partial charge in [-0.05, 0) is 42.2 Å². The number of sulfone groups is 1. The molecule has 4 rings (SSSR count). The molecular formula is C22H25NO4S. The molecule has 2 heterocycles. The van der Waals surface area contributed by atoms with Crippen LogP contribution in [0.1, 0.15) is 50.2 Å². The lowest BCUT2D eigenvalue weighted by Gasteiger charge is -2.51. The number of ether oxygens (including phenoxy) is 1. The Morgan fingerprint density at radius 1 is 1.11 bits per heavy atom. The van der Waals surface area contributed by atoms with Crippen LogP contribution >= 0.6 is 0 Å². The largest absolute Gasteiger partial charge is 0.468 e. The van der Waals surface area contributed by atoms with E-state index >= 15 is 0 Å². The molecule has 0 unspecified atom stereocenters. The summed E-state index contributed by atoms with van der Waals surface area (Å²) in [6.07, 6.45) is 0.445. The van der Waals surface area contributed by atoms with Gasteiger partial charge in [0, 0.05) is 19.4 Å². The third kappa shape index (κ3) is 2.73. The number of carbonyl (C=O) groups is 1. The van der Waals surface area contributed by atoms with E-state index in [-0.39, 0.29) is 4.90 Å². The fourth-order valence-corrected chi connectivity index (χ4v) is 6.19. The zero-order valence-electron chi connectivity index (χ0n) is 16.5. The van der Waals surface area contributed by atoms with Gasteiger partial charge in [0.2, 0.25) is 5.91 Å². The van der Waals surface area contributed by atoms with Gasteiger partial charge in [-0.25, -0.2) is 8.42 Å². The zero-order chi connectivity index (χ0) is 20.3. The molecule has 2 bridgehead atoms. The van der Waals surface area contributed by atoms with Crippen LogP contribution < -0.4 is 4.74 Å². The predicted molar refractivity (Wildman–Crippen MR) is 107 cm³/mol. The van der Waals surface area contributed by atoms with Crippen LogP contribution in [0, 0.1) is 0 Å². The van der Waals surface area contributed by atoms with Crippen molar-refractivity contribution in [1.29, 1.82) is 0 Å². The molecule has 2 aromatic carbocycles. The minimum absolute atomic E-state index is 0.191. The Bertz CT molecular complexity index is 1030. The quantitative estimate of drug-likeness (QED) is 0.789. The predicted octanol–water partition coefficient (Wildman–Crippen LogP) is 3.71. The van der Waals surface area contributed by atoms with E-state index in [0.717, 1.165) is 11.1 Å². The number of nitrogens with zero attached hydrogens (tertiary/aromatic N) is 1. The summed E-state index contributed by atoms with van der Waals surface area (Å²) in [5.41, 5.74) is 1.01. The highest BCUT2D eigenvalue weighted by molar-refractivity contribution is 7.92. The van der Waals surface area contributed by atoms with Crippen molar-refractivity contribution in [3.8, 4) is 5.75 Å². The van der Waals surface area contributed by atoms with Gasteiger partial charge in [-0.15, -0.1) is 0 Å². The first-order chi connectivity index (χ1) is 13.1. The summed E-state index contributed by atoms with van der Waals surface area (Å²) in [6, 6.07) is 14.3. The van der Waals surface area contributed by atoms with E-state index in [2.05, 4.69) is 13.8 Å². The number of rotatable bonds is 3. The molecule has 0 aromatic heterocycles. The summed E-state index contributed by atoms with van der Waals surface area (Å²) in [5, 5.41) is -1.15. The van der Waals surface area contributed by atoms with Crippen molar-refractivity contribution in [3.05, 3.63) is 59.7 Å². The van der Waals surface area contributed by atoms with E-state index in [1.165, 1.54) is 4.90 Å². The number of fused-ring (bicyclic) bond motifs is 4. The molecule has 3 atom stereocenters. The Balaban J connectivity index is 1.83. The normalized spacial score (nSPS) is 26.8. The van der Waals surface area contributed by atoms with E-state index in [1.54, 1.807) is 19.2 Å². The summed E-state index contributed by atoms with van der Waals surface area (Å²) < 4.78 is 33.2. The first-order valence-corrected chi connectivity index (χ1v) is 11.1. The van der Waals surface area contributed by atoms with Crippen LogP contribution in [0.25, 0.3) is 0 Å². The summed E-state index contributed by atoms with van der Waals surface area (Å²) in [6.45, 7) is 5.96. The van der Waals surface area contributed by atoms with E-state index < -0.39 is 32.6 Å². The Hall–Kier alpha value is -2.34. The summed E-state index contributed by atoms with van der Waals surface area (Å²) in [4.78, 5) is 14.9. The summed E-state index contributed by atoms with van der Waals surface area (Å²) >= 11 is 0. The van der Waals surface area contributed by atoms with Gasteiger partial charge < -0.3 is 9.64 Å². The molecule has 0 radical (unpaired) electrons. The topological polar surface area (TPSA) is 63.7 Å². The lowest BCUT2D eigenvalue weighted by molar-refractivity contribution is -0.159. The highest BCUT2D eigenvalue weighted by Gasteiger charge is 2.56. The van der Waals surface area contributed by atoms with Gasteiger partial charge in [0.25, 0.3) is 0 Å². The molecule has 2 aliphatic heterocycles. The van der Waals surface area contributed by atoms with Crippen LogP contribution in [-0.2, 0) is 14.6 Å². The fraction of sp³-hybridized carbons (Fsp3) is 0.409. The number of piperidine rings is 1. The van der Waals surface area contributed by atoms with Crippen molar-refractivity contribution in [3.63, 3.8) is 0 Å². The maximum absolute atomic E-state index is 13.6. The second kappa shape index (κ2) is 6.34. The van der Waals surface area contributed by atoms with Crippen LogP contribution in [0.5, 0.6) is 5.75 Å². The van der Waals surface area contributed by atoms with Crippen LogP contribution in [0.4, 0.5) is 0 Å². The van der Waals surface area contributed by atoms with Crippen LogP contribution in [-0.4, -0.2) is 37.2 Å². The first-order valence-electron chi connectivity index (χ1n) is 9.54. The minimum atomic E-state index is -3.85. The average Bonchev–Trinajstić information content (AvgIpc) is 2.66. The first kappa shape index (κ1) is 19.0. The van der Waals surface area contributed by atoms with Crippen molar-refractivity contribution in [2.45, 2.75) is 54.9 Å². The van der Waals surface area contributed by atoms with Gasteiger partial charge in [-0.2, -0.15) is 0 Å². The Morgan fingerprint density at radius 3 is 2.39 bits per heavy atom. The lowest BCUT2D eigenvalue weighted by atomic mass is 9.80. The highest BCUT2D eigenvalue weighted by Crippen LogP contribution is 2.49. The molecule has 2 aromatic rings. The van der Waals surface area contributed by atoms with E-state index in [1.807, 2.05) is 43.3 Å². The summed E-state index contributed by atoms with van der Waals surface area (Å²) in [7, 11) is -2.23. The lowest BCUT2D eigenvalue weighted by Crippen LogP contribution is -2.64. The van der Waals surface area contributed by atoms with Crippen molar-refractivity contribution >= 4 is 15.7 Å². The van der Waals surface area contributed by atoms with Crippen molar-refractivity contribution in [1.82, 2.24) is 4.90 Å². The maximum atomic E-state index is 13.6. The van der Waals surface area contributed by atoms with Crippen LogP contribution in [0.3, 0.4) is 0 Å².